The van der Waals surface area contributed by atoms with Crippen LogP contribution in [0.15, 0.2) is 91.0 Å². The monoisotopic (exact) mass is 823 g/mol. The molecule has 0 amide bonds. The Balaban J connectivity index is 0.00000109. The number of para-hydroxylation sites is 1. The Morgan fingerprint density at radius 2 is 1.18 bits per heavy atom. The van der Waals surface area contributed by atoms with Gasteiger partial charge in [0.05, 0.1) is 0 Å². The van der Waals surface area contributed by atoms with Crippen LogP contribution >= 0.6 is 0 Å². The van der Waals surface area contributed by atoms with Gasteiger partial charge in [0, 0.05) is 12.1 Å². The van der Waals surface area contributed by atoms with Crippen molar-refractivity contribution in [3.63, 3.8) is 0 Å². The summed E-state index contributed by atoms with van der Waals surface area (Å²) in [4.78, 5) is 0. The van der Waals surface area contributed by atoms with Gasteiger partial charge in [-0.25, -0.2) is 0 Å². The third-order valence-corrected chi connectivity index (χ3v) is 7.63. The number of rotatable bonds is 6. The largest absolute Gasteiger partial charge is 4.00 e. The summed E-state index contributed by atoms with van der Waals surface area (Å²) in [6.45, 7) is 18.0. The third kappa shape index (κ3) is 12.2. The van der Waals surface area contributed by atoms with Gasteiger partial charge in [-0.05, 0) is 43.4 Å². The molecule has 0 saturated heterocycles. The molecule has 49 heavy (non-hydrogen) atoms. The molecule has 0 aliphatic heterocycles. The van der Waals surface area contributed by atoms with Gasteiger partial charge in [-0.3, -0.25) is 0 Å². The topological polar surface area (TPSA) is 62.3 Å². The van der Waals surface area contributed by atoms with Crippen LogP contribution in [0.3, 0.4) is 0 Å². The first kappa shape index (κ1) is 43.7. The van der Waals surface area contributed by atoms with Crippen LogP contribution in [0, 0.1) is 27.0 Å². The van der Waals surface area contributed by atoms with E-state index in [9.17, 15) is 0 Å². The molecular formula is C43H57HfN5. The predicted molar refractivity (Wildman–Crippen MR) is 210 cm³/mol. The average molecular weight is 822 g/mol. The number of hydrogen-bond donors (Lipinski definition) is 0. The Labute approximate surface area is 316 Å². The van der Waals surface area contributed by atoms with E-state index in [2.05, 4.69) is 166 Å². The summed E-state index contributed by atoms with van der Waals surface area (Å²) < 4.78 is 2.10. The second kappa shape index (κ2) is 22.4. The Morgan fingerprint density at radius 3 is 1.71 bits per heavy atom. The molecule has 5 rings (SSSR count). The van der Waals surface area contributed by atoms with Crippen LogP contribution in [0.2, 0.25) is 0 Å². The number of allylic oxidation sites excluding steroid dienone is 2. The molecule has 1 aliphatic carbocycles. The zero-order chi connectivity index (χ0) is 35.8. The summed E-state index contributed by atoms with van der Waals surface area (Å²) in [6.07, 6.45) is 6.49. The first-order chi connectivity index (χ1) is 23.0. The minimum Gasteiger partial charge on any atom is -0.669 e. The molecule has 1 aliphatic rings. The fourth-order valence-corrected chi connectivity index (χ4v) is 5.75. The van der Waals surface area contributed by atoms with Crippen molar-refractivity contribution in [2.45, 2.75) is 59.4 Å². The summed E-state index contributed by atoms with van der Waals surface area (Å²) in [5.41, 5.74) is 12.1. The number of hydrogen-bond acceptors (Lipinski definition) is 0. The second-order valence-electron chi connectivity index (χ2n) is 12.7. The van der Waals surface area contributed by atoms with Crippen molar-refractivity contribution in [1.82, 2.24) is 0 Å². The zero-order valence-corrected chi connectivity index (χ0v) is 35.5. The molecule has 1 heterocycles. The molecule has 258 valence electrons. The number of benzene rings is 3. The van der Waals surface area contributed by atoms with Crippen LogP contribution in [-0.4, -0.2) is 42.3 Å². The SMILES string of the molecule is C=[n+]1c(C([N-]c2c(C(C)C)cccc2C(C)C)c2cc(C)cc(C)c2)ccc/c1=C1/C=C[CH-]c2ccccc21.C[N-]C.C[N-]C.C[N-]C.[Hf+4]. The average Bonchev–Trinajstić information content (AvgIpc) is 3.04. The molecule has 0 fully saturated rings. The maximum atomic E-state index is 5.62. The summed E-state index contributed by atoms with van der Waals surface area (Å²) in [6, 6.07) is 28.3. The van der Waals surface area contributed by atoms with E-state index in [0.717, 1.165) is 16.7 Å². The molecule has 0 radical (unpaired) electrons. The van der Waals surface area contributed by atoms with E-state index in [0.29, 0.717) is 11.8 Å². The van der Waals surface area contributed by atoms with E-state index < -0.39 is 0 Å². The van der Waals surface area contributed by atoms with Crippen LogP contribution < -0.4 is 9.59 Å². The van der Waals surface area contributed by atoms with Crippen LogP contribution in [0.25, 0.3) is 26.8 Å². The molecule has 0 spiro atoms. The van der Waals surface area contributed by atoms with Crippen LogP contribution in [0.4, 0.5) is 5.69 Å². The van der Waals surface area contributed by atoms with Crippen LogP contribution in [-0.2, 0) is 25.8 Å². The van der Waals surface area contributed by atoms with E-state index in [4.69, 9.17) is 5.32 Å². The molecule has 1 atom stereocenters. The third-order valence-electron chi connectivity index (χ3n) is 7.63. The van der Waals surface area contributed by atoms with Gasteiger partial charge in [-0.2, -0.15) is 46.5 Å². The van der Waals surface area contributed by atoms with Crippen molar-refractivity contribution in [3.8, 4) is 0 Å². The fraction of sp³-hybridized carbons (Fsp3) is 0.349. The Hall–Kier alpha value is -3.29. The van der Waals surface area contributed by atoms with Crippen LogP contribution in [0.5, 0.6) is 0 Å². The van der Waals surface area contributed by atoms with Gasteiger partial charge >= 0.3 is 25.8 Å². The van der Waals surface area contributed by atoms with E-state index in [1.54, 1.807) is 42.3 Å². The first-order valence-corrected chi connectivity index (χ1v) is 16.7. The van der Waals surface area contributed by atoms with Gasteiger partial charge in [-0.1, -0.05) is 110 Å². The van der Waals surface area contributed by atoms with Crippen molar-refractivity contribution in [1.29, 1.82) is 0 Å². The van der Waals surface area contributed by atoms with Gasteiger partial charge in [0.25, 0.3) is 0 Å². The molecule has 0 bridgehead atoms. The summed E-state index contributed by atoms with van der Waals surface area (Å²) in [5.74, 6) is 0.743. The van der Waals surface area contributed by atoms with Crippen molar-refractivity contribution >= 4 is 11.3 Å². The number of nitrogens with zero attached hydrogens (tertiary/aromatic N) is 5. The van der Waals surface area contributed by atoms with E-state index in [1.165, 1.54) is 44.5 Å². The maximum Gasteiger partial charge on any atom is 4.00 e. The molecule has 4 aromatic rings. The molecule has 1 unspecified atom stereocenters. The molecule has 6 heteroatoms. The van der Waals surface area contributed by atoms with Gasteiger partial charge in [0.1, 0.15) is 6.72 Å². The van der Waals surface area contributed by atoms with Crippen molar-refractivity contribution in [2.24, 2.45) is 0 Å². The smallest absolute Gasteiger partial charge is 0.669 e. The number of aryl methyl sites for hydroxylation is 2. The van der Waals surface area contributed by atoms with Crippen LogP contribution in [0.1, 0.15) is 90.2 Å². The minimum atomic E-state index is -0.201. The quantitative estimate of drug-likeness (QED) is 0.106. The van der Waals surface area contributed by atoms with E-state index in [-0.39, 0.29) is 31.9 Å². The van der Waals surface area contributed by atoms with Crippen molar-refractivity contribution in [2.75, 3.05) is 42.3 Å². The van der Waals surface area contributed by atoms with Gasteiger partial charge < -0.3 is 21.3 Å². The number of fused-ring (bicyclic) bond motifs is 1. The summed E-state index contributed by atoms with van der Waals surface area (Å²) >= 11 is 0. The molecule has 0 saturated carbocycles. The maximum absolute atomic E-state index is 5.62. The zero-order valence-electron chi connectivity index (χ0n) is 31.9. The first-order valence-electron chi connectivity index (χ1n) is 16.7. The molecule has 0 N–H and O–H groups in total. The normalized spacial score (nSPS) is 12.9. The van der Waals surface area contributed by atoms with Gasteiger partial charge in [0.15, 0.2) is 11.0 Å². The Bertz CT molecular complexity index is 1670. The fourth-order valence-electron chi connectivity index (χ4n) is 5.75. The summed E-state index contributed by atoms with van der Waals surface area (Å²) in [7, 11) is 10.5. The number of pyridine rings is 1. The second-order valence-corrected chi connectivity index (χ2v) is 12.7. The molecular weight excluding hydrogens is 765 g/mol. The standard InChI is InChI=1S/C37H39N2.3C2H6N.Hf/c1-24(2)30-16-11-17-31(25(3)4)37(30)38-36(29-22-26(5)21-27(6)23-29)35-20-12-19-34(39(35)7)33-18-10-14-28-13-8-9-15-32(28)33;3*1-3-2;/h8-25,36H,7H2,1-6H3;3*1-2H3;/q4*-1;+4/b34-33+;;;;. The van der Waals surface area contributed by atoms with Gasteiger partial charge in [-0.15, -0.1) is 42.0 Å². The van der Waals surface area contributed by atoms with E-state index >= 15 is 0 Å². The molecule has 5 nitrogen and oxygen atoms in total. The Kier molecular flexibility index (Phi) is 20.0. The van der Waals surface area contributed by atoms with Crippen molar-refractivity contribution < 1.29 is 30.1 Å². The molecule has 3 aromatic carbocycles. The van der Waals surface area contributed by atoms with Crippen molar-refractivity contribution in [3.05, 3.63) is 175 Å². The number of aromatic nitrogens is 1. The van der Waals surface area contributed by atoms with Gasteiger partial charge in [0.2, 0.25) is 0 Å². The Morgan fingerprint density at radius 1 is 0.673 bits per heavy atom. The molecule has 1 aromatic heterocycles. The minimum absolute atomic E-state index is 0. The van der Waals surface area contributed by atoms with E-state index in [1.807, 2.05) is 0 Å². The predicted octanol–water partition coefficient (Wildman–Crippen LogP) is 10.5. The summed E-state index contributed by atoms with van der Waals surface area (Å²) in [5, 5.41) is 17.2.